The van der Waals surface area contributed by atoms with Crippen LogP contribution in [0.4, 0.5) is 0 Å². The molecule has 0 fully saturated rings. The molecule has 58 heavy (non-hydrogen) atoms. The van der Waals surface area contributed by atoms with Gasteiger partial charge in [-0.3, -0.25) is 18.1 Å². The van der Waals surface area contributed by atoms with Crippen LogP contribution in [-0.2, 0) is 13.6 Å². The van der Waals surface area contributed by atoms with Crippen molar-refractivity contribution < 1.29 is 40.7 Å². The predicted molar refractivity (Wildman–Crippen MR) is 236 cm³/mol. The van der Waals surface area contributed by atoms with Crippen molar-refractivity contribution in [2.75, 3.05) is 19.8 Å². The Hall–Kier alpha value is -5.53. The minimum absolute atomic E-state index is 0.254. The zero-order valence-electron chi connectivity index (χ0n) is 31.9. The second kappa shape index (κ2) is 27.2. The van der Waals surface area contributed by atoms with Crippen LogP contribution in [0.15, 0.2) is 220 Å². The first-order chi connectivity index (χ1) is 28.5. The van der Waals surface area contributed by atoms with E-state index in [1.54, 1.807) is 42.5 Å². The summed E-state index contributed by atoms with van der Waals surface area (Å²) in [5.74, 6) is 4.07. The fourth-order valence-electron chi connectivity index (χ4n) is 4.12. The van der Waals surface area contributed by atoms with Gasteiger partial charge in [-0.25, -0.2) is 0 Å². The molecule has 13 heteroatoms. The molecule has 6 aromatic carbocycles. The molecule has 0 spiro atoms. The largest absolute Gasteiger partial charge is 0.589 e. The molecule has 0 saturated heterocycles. The van der Waals surface area contributed by atoms with Crippen molar-refractivity contribution in [3.63, 3.8) is 0 Å². The van der Waals surface area contributed by atoms with Gasteiger partial charge >= 0.3 is 25.3 Å². The third-order valence-electron chi connectivity index (χ3n) is 6.61. The SMILES string of the molecule is C=CCOP(Oc1ccccc1)Oc1ccccc1.C=CCOP(Oc1ccccc1)Oc1ccccc1.C=CCO[P+](N)(Oc1ccccc1)Oc1ccccc1. The van der Waals surface area contributed by atoms with Crippen LogP contribution >= 0.6 is 25.3 Å². The van der Waals surface area contributed by atoms with Gasteiger partial charge in [0.2, 0.25) is 0 Å². The van der Waals surface area contributed by atoms with Crippen LogP contribution in [0.1, 0.15) is 0 Å². The lowest BCUT2D eigenvalue weighted by atomic mass is 10.3. The lowest BCUT2D eigenvalue weighted by Crippen LogP contribution is -2.20. The highest BCUT2D eigenvalue weighted by Gasteiger charge is 2.44. The van der Waals surface area contributed by atoms with E-state index in [2.05, 4.69) is 19.7 Å². The highest BCUT2D eigenvalue weighted by atomic mass is 31.2. The van der Waals surface area contributed by atoms with Crippen molar-refractivity contribution in [2.45, 2.75) is 0 Å². The van der Waals surface area contributed by atoms with Crippen LogP contribution in [0.5, 0.6) is 34.5 Å². The fraction of sp³-hybridized carbons (Fsp3) is 0.0667. The number of rotatable bonds is 21. The van der Waals surface area contributed by atoms with Gasteiger partial charge in [0, 0.05) is 0 Å². The average molecular weight is 839 g/mol. The average Bonchev–Trinajstić information content (AvgIpc) is 3.26. The van der Waals surface area contributed by atoms with E-state index in [1.807, 2.05) is 158 Å². The third-order valence-corrected chi connectivity index (χ3v) is 10.2. The highest BCUT2D eigenvalue weighted by molar-refractivity contribution is 7.59. The van der Waals surface area contributed by atoms with E-state index >= 15 is 0 Å². The zero-order valence-corrected chi connectivity index (χ0v) is 34.6. The molecule has 2 N–H and O–H groups in total. The Morgan fingerprint density at radius 2 is 0.621 bits per heavy atom. The van der Waals surface area contributed by atoms with E-state index in [0.29, 0.717) is 47.7 Å². The minimum atomic E-state index is -3.00. The smallest absolute Gasteiger partial charge is 0.418 e. The van der Waals surface area contributed by atoms with Gasteiger partial charge in [-0.2, -0.15) is 0 Å². The maximum atomic E-state index is 6.14. The van der Waals surface area contributed by atoms with Gasteiger partial charge in [-0.15, -0.1) is 29.8 Å². The zero-order chi connectivity index (χ0) is 40.9. The molecule has 0 atom stereocenters. The van der Waals surface area contributed by atoms with E-state index in [1.165, 1.54) is 0 Å². The van der Waals surface area contributed by atoms with E-state index in [0.717, 1.165) is 0 Å². The van der Waals surface area contributed by atoms with E-state index in [-0.39, 0.29) is 6.61 Å². The molecule has 0 unspecified atom stereocenters. The Morgan fingerprint density at radius 3 is 0.862 bits per heavy atom. The number of hydrogen-bond donors (Lipinski definition) is 1. The molecule has 0 amide bonds. The molecule has 0 aliphatic carbocycles. The standard InChI is InChI=1S/C15H17NO3P.2C15H15O3P/c1-2-13-17-20(16,18-14-9-5-3-6-10-14)19-15-11-7-4-8-12-15;2*1-2-13-16-19(17-14-9-5-3-6-10-14)18-15-11-7-4-8-12-15/h2-12H,1,13,16H2;2*2-12H,1,13H2/q+1;;. The number of hydrogen-bond acceptors (Lipinski definition) is 10. The number of nitrogens with two attached hydrogens (primary N) is 1. The lowest BCUT2D eigenvalue weighted by molar-refractivity contribution is 0.267. The maximum Gasteiger partial charge on any atom is 0.589 e. The van der Waals surface area contributed by atoms with Gasteiger partial charge in [0.15, 0.2) is 11.5 Å². The number of benzene rings is 6. The van der Waals surface area contributed by atoms with Crippen LogP contribution < -0.4 is 32.6 Å². The summed E-state index contributed by atoms with van der Waals surface area (Å²) >= 11 is 0. The van der Waals surface area contributed by atoms with Crippen LogP contribution in [0.3, 0.4) is 0 Å². The van der Waals surface area contributed by atoms with Crippen LogP contribution in [0.25, 0.3) is 0 Å². The van der Waals surface area contributed by atoms with Gasteiger partial charge in [-0.05, 0) is 72.8 Å². The molecule has 0 aliphatic rings. The number of para-hydroxylation sites is 6. The van der Waals surface area contributed by atoms with Gasteiger partial charge in [0.25, 0.3) is 0 Å². The molecule has 0 aromatic heterocycles. The minimum Gasteiger partial charge on any atom is -0.418 e. The fourth-order valence-corrected chi connectivity index (χ4v) is 7.33. The van der Waals surface area contributed by atoms with Gasteiger partial charge in [-0.1, -0.05) is 127 Å². The van der Waals surface area contributed by atoms with Crippen molar-refractivity contribution in [3.8, 4) is 34.5 Å². The van der Waals surface area contributed by atoms with Crippen molar-refractivity contribution >= 4 is 25.3 Å². The molecule has 0 radical (unpaired) electrons. The highest BCUT2D eigenvalue weighted by Crippen LogP contribution is 2.53. The molecule has 0 aliphatic heterocycles. The van der Waals surface area contributed by atoms with Crippen molar-refractivity contribution in [1.82, 2.24) is 0 Å². The first kappa shape index (κ1) is 45.2. The summed E-state index contributed by atoms with van der Waals surface area (Å²) in [5, 5.41) is 0. The first-order valence-electron chi connectivity index (χ1n) is 17.9. The molecule has 0 bridgehead atoms. The van der Waals surface area contributed by atoms with Gasteiger partial charge < -0.3 is 18.1 Å². The monoisotopic (exact) mass is 838 g/mol. The summed E-state index contributed by atoms with van der Waals surface area (Å²) in [6.07, 6.45) is 4.93. The second-order valence-electron chi connectivity index (χ2n) is 11.2. The summed E-state index contributed by atoms with van der Waals surface area (Å²) in [7, 11) is -5.98. The molecular formula is C45H47NO9P3+. The Labute approximate surface area is 344 Å². The second-order valence-corrected chi connectivity index (χ2v) is 15.0. The van der Waals surface area contributed by atoms with Crippen LogP contribution in [0, 0.1) is 0 Å². The van der Waals surface area contributed by atoms with E-state index < -0.39 is 25.3 Å². The third kappa shape index (κ3) is 18.6. The summed E-state index contributed by atoms with van der Waals surface area (Å²) in [5.41, 5.74) is 6.14. The quantitative estimate of drug-likeness (QED) is 0.0556. The first-order valence-corrected chi connectivity index (χ1v) is 21.7. The summed E-state index contributed by atoms with van der Waals surface area (Å²) in [4.78, 5) is 0. The molecule has 0 heterocycles. The van der Waals surface area contributed by atoms with Crippen molar-refractivity contribution in [2.24, 2.45) is 5.50 Å². The molecule has 6 aromatic rings. The Kier molecular flexibility index (Phi) is 21.2. The summed E-state index contributed by atoms with van der Waals surface area (Å²) < 4.78 is 50.7. The van der Waals surface area contributed by atoms with Crippen LogP contribution in [-0.4, -0.2) is 19.8 Å². The molecule has 0 saturated carbocycles. The topological polar surface area (TPSA) is 109 Å². The lowest BCUT2D eigenvalue weighted by Gasteiger charge is -2.17. The van der Waals surface area contributed by atoms with E-state index in [9.17, 15) is 0 Å². The molecule has 300 valence electrons. The maximum absolute atomic E-state index is 6.14. The normalized spacial score (nSPS) is 10.4. The Balaban J connectivity index is 0.000000193. The van der Waals surface area contributed by atoms with Gasteiger partial charge in [0.1, 0.15) is 29.6 Å². The van der Waals surface area contributed by atoms with Crippen molar-refractivity contribution in [1.29, 1.82) is 0 Å². The predicted octanol–water partition coefficient (Wildman–Crippen LogP) is 13.1. The Bertz CT molecular complexity index is 1750. The molecular weight excluding hydrogens is 791 g/mol. The molecule has 6 rings (SSSR count). The van der Waals surface area contributed by atoms with Gasteiger partial charge in [0.05, 0.1) is 13.2 Å². The van der Waals surface area contributed by atoms with Crippen LogP contribution in [0.2, 0.25) is 0 Å². The van der Waals surface area contributed by atoms with E-state index in [4.69, 9.17) is 46.2 Å². The Morgan fingerprint density at radius 1 is 0.379 bits per heavy atom. The molecule has 10 nitrogen and oxygen atoms in total. The summed E-state index contributed by atoms with van der Waals surface area (Å²) in [6, 6.07) is 56.2. The van der Waals surface area contributed by atoms with Crippen molar-refractivity contribution in [3.05, 3.63) is 220 Å². The summed E-state index contributed by atoms with van der Waals surface area (Å²) in [6.45, 7) is 11.9.